The van der Waals surface area contributed by atoms with Gasteiger partial charge in [0.25, 0.3) is 5.56 Å². The Morgan fingerprint density at radius 3 is 2.46 bits per heavy atom. The van der Waals surface area contributed by atoms with Crippen LogP contribution in [0, 0.1) is 0 Å². The van der Waals surface area contributed by atoms with E-state index >= 15 is 0 Å². The average molecular weight is 385 g/mol. The lowest BCUT2D eigenvalue weighted by Gasteiger charge is -1.94. The molecule has 0 atom stereocenters. The Hall–Kier alpha value is -3.51. The second-order valence-electron chi connectivity index (χ2n) is 6.37. The van der Waals surface area contributed by atoms with E-state index in [1.807, 2.05) is 72.8 Å². The van der Waals surface area contributed by atoms with Gasteiger partial charge in [-0.3, -0.25) is 4.79 Å². The van der Waals surface area contributed by atoms with Crippen molar-refractivity contribution in [1.29, 1.82) is 0 Å². The Labute approximate surface area is 164 Å². The average Bonchev–Trinajstić information content (AvgIpc) is 3.42. The molecule has 5 aromatic rings. The van der Waals surface area contributed by atoms with Crippen molar-refractivity contribution in [2.45, 2.75) is 6.42 Å². The van der Waals surface area contributed by atoms with Crippen LogP contribution in [0.15, 0.2) is 82.0 Å². The molecule has 0 radical (unpaired) electrons. The minimum absolute atomic E-state index is 0.176. The number of fused-ring (bicyclic) bond motifs is 1. The zero-order valence-electron chi connectivity index (χ0n) is 14.8. The summed E-state index contributed by atoms with van der Waals surface area (Å²) in [5, 5.41) is 4.38. The molecule has 0 aliphatic rings. The maximum atomic E-state index is 12.7. The van der Waals surface area contributed by atoms with Gasteiger partial charge in [0, 0.05) is 18.1 Å². The van der Waals surface area contributed by atoms with Gasteiger partial charge in [-0.15, -0.1) is 5.10 Å². The van der Waals surface area contributed by atoms with Gasteiger partial charge in [0.2, 0.25) is 4.96 Å². The molecule has 6 heteroatoms. The molecule has 0 unspecified atom stereocenters. The van der Waals surface area contributed by atoms with E-state index in [4.69, 9.17) is 4.42 Å². The van der Waals surface area contributed by atoms with Crippen molar-refractivity contribution in [1.82, 2.24) is 14.6 Å². The molecular formula is C22H15N3O2S. The van der Waals surface area contributed by atoms with Crippen LogP contribution in [0.2, 0.25) is 0 Å². The van der Waals surface area contributed by atoms with Gasteiger partial charge >= 0.3 is 0 Å². The molecule has 3 aromatic heterocycles. The number of hydrogen-bond donors (Lipinski definition) is 0. The minimum atomic E-state index is -0.176. The molecule has 2 aromatic carbocycles. The Bertz CT molecular complexity index is 1350. The van der Waals surface area contributed by atoms with Gasteiger partial charge in [-0.05, 0) is 17.7 Å². The van der Waals surface area contributed by atoms with Crippen molar-refractivity contribution in [2.75, 3.05) is 0 Å². The number of benzene rings is 2. The molecule has 0 saturated carbocycles. The first-order chi connectivity index (χ1) is 13.8. The van der Waals surface area contributed by atoms with Crippen molar-refractivity contribution in [3.8, 4) is 11.3 Å². The highest BCUT2D eigenvalue weighted by Gasteiger charge is 2.11. The summed E-state index contributed by atoms with van der Waals surface area (Å²) in [5.74, 6) is 2.04. The topological polar surface area (TPSA) is 60.4 Å². The van der Waals surface area contributed by atoms with Crippen LogP contribution in [-0.2, 0) is 6.42 Å². The summed E-state index contributed by atoms with van der Waals surface area (Å²) < 4.78 is 7.79. The summed E-state index contributed by atoms with van der Waals surface area (Å²) in [6, 6.07) is 23.6. The van der Waals surface area contributed by atoms with Crippen LogP contribution in [0.25, 0.3) is 22.4 Å². The van der Waals surface area contributed by atoms with Crippen molar-refractivity contribution >= 4 is 22.4 Å². The van der Waals surface area contributed by atoms with E-state index in [0.29, 0.717) is 27.5 Å². The van der Waals surface area contributed by atoms with Gasteiger partial charge in [-0.25, -0.2) is 4.98 Å². The highest BCUT2D eigenvalue weighted by molar-refractivity contribution is 7.15. The number of hydrogen-bond acceptors (Lipinski definition) is 5. The number of aromatic nitrogens is 3. The second-order valence-corrected chi connectivity index (χ2v) is 7.38. The van der Waals surface area contributed by atoms with Crippen LogP contribution in [0.3, 0.4) is 0 Å². The molecule has 5 rings (SSSR count). The van der Waals surface area contributed by atoms with Gasteiger partial charge in [-0.2, -0.15) is 4.52 Å². The van der Waals surface area contributed by atoms with Crippen molar-refractivity contribution in [3.05, 3.63) is 105 Å². The largest absolute Gasteiger partial charge is 0.457 e. The third-order valence-electron chi connectivity index (χ3n) is 4.39. The number of thiazole rings is 1. The first kappa shape index (κ1) is 16.6. The lowest BCUT2D eigenvalue weighted by Crippen LogP contribution is -2.23. The maximum Gasteiger partial charge on any atom is 0.291 e. The molecule has 5 nitrogen and oxygen atoms in total. The molecule has 0 N–H and O–H groups in total. The molecule has 0 amide bonds. The zero-order valence-corrected chi connectivity index (χ0v) is 15.6. The Morgan fingerprint density at radius 2 is 1.71 bits per heavy atom. The molecule has 0 aliphatic heterocycles. The fraction of sp³-hybridized carbons (Fsp3) is 0.0455. The first-order valence-electron chi connectivity index (χ1n) is 8.86. The normalized spacial score (nSPS) is 12.1. The number of nitrogens with zero attached hydrogens (tertiary/aromatic N) is 3. The van der Waals surface area contributed by atoms with Gasteiger partial charge in [-0.1, -0.05) is 72.0 Å². The molecule has 0 spiro atoms. The smallest absolute Gasteiger partial charge is 0.291 e. The van der Waals surface area contributed by atoms with E-state index in [-0.39, 0.29) is 5.56 Å². The fourth-order valence-electron chi connectivity index (χ4n) is 3.04. The summed E-state index contributed by atoms with van der Waals surface area (Å²) in [4.78, 5) is 17.8. The predicted octanol–water partition coefficient (Wildman–Crippen LogP) is 3.55. The monoisotopic (exact) mass is 385 g/mol. The Balaban J connectivity index is 1.47. The summed E-state index contributed by atoms with van der Waals surface area (Å²) in [6.07, 6.45) is 2.35. The third-order valence-corrected chi connectivity index (χ3v) is 5.35. The fourth-order valence-corrected chi connectivity index (χ4v) is 3.95. The first-order valence-corrected chi connectivity index (χ1v) is 9.67. The minimum Gasteiger partial charge on any atom is -0.457 e. The van der Waals surface area contributed by atoms with Gasteiger partial charge in [0.05, 0.1) is 0 Å². The third kappa shape index (κ3) is 3.14. The van der Waals surface area contributed by atoms with Crippen molar-refractivity contribution < 1.29 is 4.42 Å². The van der Waals surface area contributed by atoms with E-state index in [0.717, 1.165) is 16.9 Å². The van der Waals surface area contributed by atoms with Crippen molar-refractivity contribution in [2.24, 2.45) is 0 Å². The molecule has 0 fully saturated rings. The van der Waals surface area contributed by atoms with Crippen molar-refractivity contribution in [3.63, 3.8) is 0 Å². The summed E-state index contributed by atoms with van der Waals surface area (Å²) in [6.45, 7) is 0. The van der Waals surface area contributed by atoms with Gasteiger partial charge < -0.3 is 4.42 Å². The Kier molecular flexibility index (Phi) is 4.10. The van der Waals surface area contributed by atoms with Crippen LogP contribution in [0.4, 0.5) is 0 Å². The maximum absolute atomic E-state index is 12.7. The quantitative estimate of drug-likeness (QED) is 0.475. The molecule has 0 aliphatic carbocycles. The SMILES string of the molecule is O=c1/c(=C/c2ccc(-c3ccccc3)o2)sc2nc(Cc3ccccc3)nn12. The lowest BCUT2D eigenvalue weighted by atomic mass is 10.1. The highest BCUT2D eigenvalue weighted by atomic mass is 32.1. The van der Waals surface area contributed by atoms with Crippen LogP contribution in [0.1, 0.15) is 17.1 Å². The summed E-state index contributed by atoms with van der Waals surface area (Å²) in [5.41, 5.74) is 1.94. The van der Waals surface area contributed by atoms with Crippen LogP contribution in [0.5, 0.6) is 0 Å². The van der Waals surface area contributed by atoms with Crippen LogP contribution in [-0.4, -0.2) is 14.6 Å². The highest BCUT2D eigenvalue weighted by Crippen LogP contribution is 2.22. The van der Waals surface area contributed by atoms with E-state index in [1.165, 1.54) is 15.9 Å². The zero-order chi connectivity index (χ0) is 18.9. The van der Waals surface area contributed by atoms with Gasteiger partial charge in [0.15, 0.2) is 5.82 Å². The molecular weight excluding hydrogens is 370 g/mol. The summed E-state index contributed by atoms with van der Waals surface area (Å²) >= 11 is 1.32. The van der Waals surface area contributed by atoms with E-state index in [9.17, 15) is 4.79 Å². The standard InChI is InChI=1S/C22H15N3O2S/c26-21-19(14-17-11-12-18(27-17)16-9-5-2-6-10-16)28-22-23-20(24-25(21)22)13-15-7-3-1-4-8-15/h1-12,14H,13H2/b19-14-. The predicted molar refractivity (Wildman–Crippen MR) is 109 cm³/mol. The Morgan fingerprint density at radius 1 is 0.964 bits per heavy atom. The van der Waals surface area contributed by atoms with E-state index < -0.39 is 0 Å². The molecule has 0 bridgehead atoms. The molecule has 3 heterocycles. The second kappa shape index (κ2) is 6.90. The van der Waals surface area contributed by atoms with Gasteiger partial charge in [0.1, 0.15) is 16.1 Å². The van der Waals surface area contributed by atoms with E-state index in [1.54, 1.807) is 6.08 Å². The van der Waals surface area contributed by atoms with Crippen LogP contribution >= 0.6 is 11.3 Å². The van der Waals surface area contributed by atoms with Crippen LogP contribution < -0.4 is 10.1 Å². The lowest BCUT2D eigenvalue weighted by molar-refractivity contribution is 0.571. The molecule has 136 valence electrons. The summed E-state index contributed by atoms with van der Waals surface area (Å²) in [7, 11) is 0. The number of furan rings is 1. The number of rotatable bonds is 4. The van der Waals surface area contributed by atoms with E-state index in [2.05, 4.69) is 10.1 Å². The molecule has 0 saturated heterocycles. The molecule has 28 heavy (non-hydrogen) atoms.